The van der Waals surface area contributed by atoms with Crippen LogP contribution in [0.3, 0.4) is 0 Å². The molecule has 2 aromatic carbocycles. The largest absolute Gasteiger partial charge is 0.480 e. The minimum atomic E-state index is -4.25. The Morgan fingerprint density at radius 1 is 1.07 bits per heavy atom. The first-order chi connectivity index (χ1) is 19.4. The molecule has 1 N–H and O–H groups in total. The second kappa shape index (κ2) is 12.1. The number of sulfonamides is 1. The monoisotopic (exact) mass is 600 g/mol. The first kappa shape index (κ1) is 29.8. The van der Waals surface area contributed by atoms with Crippen molar-refractivity contribution in [1.29, 1.82) is 0 Å². The van der Waals surface area contributed by atoms with Crippen molar-refractivity contribution in [1.82, 2.24) is 14.5 Å². The molecule has 0 saturated carbocycles. The summed E-state index contributed by atoms with van der Waals surface area (Å²) in [5.74, 6) is -1.67. The molecule has 4 rings (SSSR count). The summed E-state index contributed by atoms with van der Waals surface area (Å²) in [5.41, 5.74) is 0.950. The van der Waals surface area contributed by atoms with Gasteiger partial charge in [-0.2, -0.15) is 0 Å². The second-order valence-corrected chi connectivity index (χ2v) is 11.7. The zero-order chi connectivity index (χ0) is 29.9. The van der Waals surface area contributed by atoms with Gasteiger partial charge in [0.15, 0.2) is 11.6 Å². The number of nitrogens with zero attached hydrogens (tertiary/aromatic N) is 3. The third-order valence-corrected chi connectivity index (χ3v) is 7.96. The van der Waals surface area contributed by atoms with Gasteiger partial charge < -0.3 is 4.74 Å². The van der Waals surface area contributed by atoms with Gasteiger partial charge in [0.2, 0.25) is 5.88 Å². The average molecular weight is 601 g/mol. The Balaban J connectivity index is 1.65. The van der Waals surface area contributed by atoms with Gasteiger partial charge in [0.05, 0.1) is 29.4 Å². The molecule has 2 aromatic heterocycles. The van der Waals surface area contributed by atoms with Gasteiger partial charge in [-0.25, -0.2) is 22.8 Å². The lowest BCUT2D eigenvalue weighted by Crippen LogP contribution is -2.24. The molecule has 0 aliphatic heterocycles. The molecular weight excluding hydrogens is 575 g/mol. The zero-order valence-electron chi connectivity index (χ0n) is 22.4. The van der Waals surface area contributed by atoms with Crippen molar-refractivity contribution >= 4 is 49.8 Å². The van der Waals surface area contributed by atoms with Gasteiger partial charge in [-0.1, -0.05) is 31.5 Å². The number of methoxy groups -OCH3 is 1. The van der Waals surface area contributed by atoms with Gasteiger partial charge in [-0.15, -0.1) is 0 Å². The van der Waals surface area contributed by atoms with Crippen molar-refractivity contribution < 1.29 is 27.1 Å². The molecule has 10 nitrogen and oxygen atoms in total. The highest BCUT2D eigenvalue weighted by Crippen LogP contribution is 2.32. The summed E-state index contributed by atoms with van der Waals surface area (Å²) in [5, 5.41) is -0.0492. The third kappa shape index (κ3) is 6.77. The number of nitrogens with one attached hydrogen (secondary N) is 1. The number of pyridine rings is 1. The Bertz CT molecular complexity index is 1820. The van der Waals surface area contributed by atoms with Crippen LogP contribution < -0.4 is 15.0 Å². The minimum Gasteiger partial charge on any atom is -0.480 e. The van der Waals surface area contributed by atoms with Crippen LogP contribution in [0.25, 0.3) is 22.0 Å². The highest BCUT2D eigenvalue weighted by Gasteiger charge is 2.22. The molecule has 0 atom stereocenters. The van der Waals surface area contributed by atoms with Crippen molar-refractivity contribution in [2.24, 2.45) is 5.92 Å². The molecule has 2 heterocycles. The Morgan fingerprint density at radius 3 is 2.51 bits per heavy atom. The minimum absolute atomic E-state index is 0.00334. The lowest BCUT2D eigenvalue weighted by Gasteiger charge is -2.14. The number of hydrogen-bond donors (Lipinski definition) is 1. The van der Waals surface area contributed by atoms with Crippen LogP contribution in [-0.4, -0.2) is 41.6 Å². The molecule has 0 saturated heterocycles. The van der Waals surface area contributed by atoms with E-state index in [1.165, 1.54) is 30.3 Å². The summed E-state index contributed by atoms with van der Waals surface area (Å²) in [6.07, 6.45) is 2.80. The second-order valence-electron chi connectivity index (χ2n) is 9.63. The molecule has 0 spiro atoms. The Labute approximate surface area is 240 Å². The summed E-state index contributed by atoms with van der Waals surface area (Å²) in [6, 6.07) is 9.26. The maximum Gasteiger partial charge on any atom is 0.263 e. The number of aromatic nitrogens is 3. The normalized spacial score (nSPS) is 11.6. The zero-order valence-corrected chi connectivity index (χ0v) is 23.9. The molecule has 214 valence electrons. The standard InChI is InChI=1S/C28H26ClFN4O6S/c1-16(2)10-25(36)24(35)8-9-34-15-32-22-6-4-17(11-20(22)28(34)37)18-12-23(27(40-3)31-14-18)33-41(38,39)26-7-5-19(30)13-21(26)29/h4-7,11-16,33H,8-10H2,1-3H3. The van der Waals surface area contributed by atoms with Gasteiger partial charge in [-0.05, 0) is 47.9 Å². The summed E-state index contributed by atoms with van der Waals surface area (Å²) in [6.45, 7) is 3.69. The molecule has 41 heavy (non-hydrogen) atoms. The van der Waals surface area contributed by atoms with Crippen LogP contribution >= 0.6 is 11.6 Å². The van der Waals surface area contributed by atoms with Crippen LogP contribution in [0.15, 0.2) is 64.7 Å². The number of carbonyl (C=O) groups is 2. The van der Waals surface area contributed by atoms with Gasteiger partial charge in [-0.3, -0.25) is 23.7 Å². The van der Waals surface area contributed by atoms with Gasteiger partial charge in [0, 0.05) is 31.1 Å². The molecule has 0 aliphatic carbocycles. The smallest absolute Gasteiger partial charge is 0.263 e. The highest BCUT2D eigenvalue weighted by molar-refractivity contribution is 7.92. The molecule has 0 aliphatic rings. The third-order valence-electron chi connectivity index (χ3n) is 6.11. The number of halogens is 2. The van der Waals surface area contributed by atoms with Crippen LogP contribution in [-0.2, 0) is 26.2 Å². The van der Waals surface area contributed by atoms with Crippen LogP contribution in [0.4, 0.5) is 10.1 Å². The van der Waals surface area contributed by atoms with Crippen LogP contribution in [0, 0.1) is 11.7 Å². The molecule has 0 bridgehead atoms. The lowest BCUT2D eigenvalue weighted by molar-refractivity contribution is -0.137. The van der Waals surface area contributed by atoms with Gasteiger partial charge in [0.1, 0.15) is 16.4 Å². The maximum absolute atomic E-state index is 13.5. The lowest BCUT2D eigenvalue weighted by atomic mass is 10.0. The van der Waals surface area contributed by atoms with E-state index in [9.17, 15) is 27.2 Å². The number of Topliss-reactive ketones (excluding diaryl/α,β-unsaturated/α-hetero) is 2. The van der Waals surface area contributed by atoms with E-state index in [0.29, 0.717) is 16.6 Å². The van der Waals surface area contributed by atoms with Gasteiger partial charge >= 0.3 is 0 Å². The number of ether oxygens (including phenoxy) is 1. The van der Waals surface area contributed by atoms with E-state index >= 15 is 0 Å². The number of fused-ring (bicyclic) bond motifs is 1. The molecule has 0 unspecified atom stereocenters. The van der Waals surface area contributed by atoms with Gasteiger partial charge in [0.25, 0.3) is 15.6 Å². The molecule has 0 fully saturated rings. The van der Waals surface area contributed by atoms with Crippen molar-refractivity contribution in [2.45, 2.75) is 38.1 Å². The summed E-state index contributed by atoms with van der Waals surface area (Å²) < 4.78 is 48.3. The Kier molecular flexibility index (Phi) is 8.83. The topological polar surface area (TPSA) is 137 Å². The number of hydrogen-bond acceptors (Lipinski definition) is 8. The van der Waals surface area contributed by atoms with Crippen LogP contribution in [0.1, 0.15) is 26.7 Å². The summed E-state index contributed by atoms with van der Waals surface area (Å²) in [4.78, 5) is 45.5. The molecular formula is C28H26ClFN4O6S. The van der Waals surface area contributed by atoms with E-state index in [-0.39, 0.29) is 52.2 Å². The number of ketones is 2. The van der Waals surface area contributed by atoms with Crippen LogP contribution in [0.5, 0.6) is 5.88 Å². The molecule has 4 aromatic rings. The number of rotatable bonds is 11. The summed E-state index contributed by atoms with van der Waals surface area (Å²) in [7, 11) is -2.93. The van der Waals surface area contributed by atoms with Crippen molar-refractivity contribution in [2.75, 3.05) is 11.8 Å². The maximum atomic E-state index is 13.5. The molecule has 0 amide bonds. The summed E-state index contributed by atoms with van der Waals surface area (Å²) >= 11 is 5.96. The number of anilines is 1. The van der Waals surface area contributed by atoms with Crippen molar-refractivity contribution in [3.05, 3.63) is 76.2 Å². The SMILES string of the molecule is COc1ncc(-c2ccc3ncn(CCC(=O)C(=O)CC(C)C)c(=O)c3c2)cc1NS(=O)(=O)c1ccc(F)cc1Cl. The number of benzene rings is 2. The predicted octanol–water partition coefficient (Wildman–Crippen LogP) is 4.63. The predicted molar refractivity (Wildman–Crippen MR) is 152 cm³/mol. The van der Waals surface area contributed by atoms with E-state index in [1.807, 2.05) is 13.8 Å². The Hall–Kier alpha value is -4.16. The van der Waals surface area contributed by atoms with E-state index in [2.05, 4.69) is 14.7 Å². The number of carbonyl (C=O) groups excluding carboxylic acids is 2. The van der Waals surface area contributed by atoms with Crippen LogP contribution in [0.2, 0.25) is 5.02 Å². The van der Waals surface area contributed by atoms with Crippen molar-refractivity contribution in [3.8, 4) is 17.0 Å². The fraction of sp³-hybridized carbons (Fsp3) is 0.250. The molecule has 0 radical (unpaired) electrons. The first-order valence-electron chi connectivity index (χ1n) is 12.5. The quantitative estimate of drug-likeness (QED) is 0.246. The van der Waals surface area contributed by atoms with E-state index in [0.717, 1.165) is 18.2 Å². The molecule has 13 heteroatoms. The fourth-order valence-corrected chi connectivity index (χ4v) is 5.66. The van der Waals surface area contributed by atoms with E-state index in [1.54, 1.807) is 18.2 Å². The Morgan fingerprint density at radius 2 is 1.83 bits per heavy atom. The average Bonchev–Trinajstić information content (AvgIpc) is 2.91. The fourth-order valence-electron chi connectivity index (χ4n) is 4.08. The number of aryl methyl sites for hydroxylation is 1. The first-order valence-corrected chi connectivity index (χ1v) is 14.3. The highest BCUT2D eigenvalue weighted by atomic mass is 35.5. The van der Waals surface area contributed by atoms with E-state index < -0.39 is 33.0 Å². The van der Waals surface area contributed by atoms with E-state index in [4.69, 9.17) is 16.3 Å². The van der Waals surface area contributed by atoms with Crippen molar-refractivity contribution in [3.63, 3.8) is 0 Å².